The first-order valence-corrected chi connectivity index (χ1v) is 20.4. The van der Waals surface area contributed by atoms with Gasteiger partial charge in [-0.25, -0.2) is 9.59 Å². The molecule has 3 heterocycles. The molecule has 2 fully saturated rings. The Morgan fingerprint density at radius 1 is 0.983 bits per heavy atom. The molecule has 5 rings (SSSR count). The van der Waals surface area contributed by atoms with Crippen LogP contribution in [0.5, 0.6) is 11.5 Å². The highest BCUT2D eigenvalue weighted by molar-refractivity contribution is 5.99. The molecular weight excluding hydrogens is 760 g/mol. The number of fused-ring (bicyclic) bond motifs is 2. The van der Waals surface area contributed by atoms with Crippen LogP contribution in [0.15, 0.2) is 54.6 Å². The van der Waals surface area contributed by atoms with Gasteiger partial charge in [0.05, 0.1) is 38.2 Å². The molecule has 0 bridgehead atoms. The second-order valence-electron chi connectivity index (χ2n) is 17.0. The Bertz CT molecular complexity index is 1770. The molecule has 14 heteroatoms. The minimum absolute atomic E-state index is 0.133. The van der Waals surface area contributed by atoms with Crippen LogP contribution in [0, 0.1) is 5.92 Å². The van der Waals surface area contributed by atoms with Crippen molar-refractivity contribution in [2.24, 2.45) is 5.92 Å². The van der Waals surface area contributed by atoms with Crippen molar-refractivity contribution in [2.75, 3.05) is 52.2 Å². The van der Waals surface area contributed by atoms with Gasteiger partial charge in [-0.05, 0) is 91.1 Å². The summed E-state index contributed by atoms with van der Waals surface area (Å²) in [5, 5.41) is 3.38. The number of esters is 1. The zero-order valence-corrected chi connectivity index (χ0v) is 36.5. The van der Waals surface area contributed by atoms with Crippen molar-refractivity contribution in [3.63, 3.8) is 0 Å². The van der Waals surface area contributed by atoms with Gasteiger partial charge in [0.2, 0.25) is 0 Å². The summed E-state index contributed by atoms with van der Waals surface area (Å²) >= 11 is 0. The van der Waals surface area contributed by atoms with Crippen molar-refractivity contribution in [1.29, 1.82) is 0 Å². The lowest BCUT2D eigenvalue weighted by molar-refractivity contribution is -0.156. The minimum atomic E-state index is -0.883. The fourth-order valence-corrected chi connectivity index (χ4v) is 6.93. The lowest BCUT2D eigenvalue weighted by atomic mass is 9.98. The van der Waals surface area contributed by atoms with Crippen molar-refractivity contribution in [2.45, 2.75) is 123 Å². The number of carbonyl (C=O) groups is 2. The Morgan fingerprint density at radius 3 is 2.39 bits per heavy atom. The van der Waals surface area contributed by atoms with E-state index in [0.717, 1.165) is 11.3 Å². The van der Waals surface area contributed by atoms with Crippen LogP contribution < -0.4 is 19.7 Å². The zero-order valence-electron chi connectivity index (χ0n) is 36.5. The van der Waals surface area contributed by atoms with E-state index in [1.54, 1.807) is 19.2 Å². The number of nitrogens with zero attached hydrogens (tertiary/aromatic N) is 1. The summed E-state index contributed by atoms with van der Waals surface area (Å²) in [6.45, 7) is 18.6. The highest BCUT2D eigenvalue weighted by Gasteiger charge is 2.44. The van der Waals surface area contributed by atoms with Crippen molar-refractivity contribution in [3.8, 4) is 11.5 Å². The lowest BCUT2D eigenvalue weighted by Gasteiger charge is -2.29. The third-order valence-electron chi connectivity index (χ3n) is 9.98. The molecule has 2 saturated heterocycles. The predicted octanol–water partition coefficient (Wildman–Crippen LogP) is 7.42. The number of carbonyl (C=O) groups excluding carboxylic acids is 2. The molecular formula is C45H64N2O12. The largest absolute Gasteiger partial charge is 0.497 e. The van der Waals surface area contributed by atoms with Gasteiger partial charge in [-0.15, -0.1) is 0 Å². The molecule has 2 aromatic rings. The normalized spacial score (nSPS) is 26.5. The van der Waals surface area contributed by atoms with Gasteiger partial charge >= 0.3 is 12.1 Å². The van der Waals surface area contributed by atoms with Gasteiger partial charge in [-0.3, -0.25) is 4.90 Å². The predicted molar refractivity (Wildman–Crippen MR) is 223 cm³/mol. The topological polar surface area (TPSA) is 142 Å². The Balaban J connectivity index is 1.50. The molecule has 0 saturated carbocycles. The van der Waals surface area contributed by atoms with Gasteiger partial charge in [0.15, 0.2) is 18.4 Å². The number of ether oxygens (including phenoxy) is 10. The number of methoxy groups -OCH3 is 2. The van der Waals surface area contributed by atoms with Crippen molar-refractivity contribution >= 4 is 23.8 Å². The number of rotatable bonds is 13. The quantitative estimate of drug-likeness (QED) is 0.0928. The van der Waals surface area contributed by atoms with E-state index in [0.29, 0.717) is 44.0 Å². The molecule has 1 unspecified atom stereocenters. The second kappa shape index (κ2) is 20.0. The molecule has 3 aliphatic rings. The molecule has 6 atom stereocenters. The Morgan fingerprint density at radius 2 is 1.73 bits per heavy atom. The van der Waals surface area contributed by atoms with Crippen molar-refractivity contribution in [1.82, 2.24) is 5.32 Å². The van der Waals surface area contributed by atoms with Gasteiger partial charge < -0.3 is 52.7 Å². The Kier molecular flexibility index (Phi) is 15.6. The van der Waals surface area contributed by atoms with E-state index in [2.05, 4.69) is 5.32 Å². The zero-order chi connectivity index (χ0) is 43.0. The molecule has 0 aromatic heterocycles. The summed E-state index contributed by atoms with van der Waals surface area (Å²) in [7, 11) is 3.12. The molecule has 0 radical (unpaired) electrons. The molecule has 59 heavy (non-hydrogen) atoms. The van der Waals surface area contributed by atoms with Crippen LogP contribution in [0.1, 0.15) is 90.2 Å². The van der Waals surface area contributed by atoms with Gasteiger partial charge in [0.1, 0.15) is 41.0 Å². The van der Waals surface area contributed by atoms with E-state index < -0.39 is 53.7 Å². The van der Waals surface area contributed by atoms with Gasteiger partial charge in [-0.2, -0.15) is 0 Å². The van der Waals surface area contributed by atoms with Crippen LogP contribution in [-0.2, 0) is 44.5 Å². The fourth-order valence-electron chi connectivity index (χ4n) is 6.93. The fraction of sp³-hybridized carbons (Fsp3) is 0.600. The van der Waals surface area contributed by atoms with E-state index in [1.807, 2.05) is 111 Å². The molecule has 3 aliphatic heterocycles. The number of cyclic esters (lactones) is 1. The molecule has 2 aromatic carbocycles. The van der Waals surface area contributed by atoms with E-state index in [-0.39, 0.29) is 36.7 Å². The third kappa shape index (κ3) is 13.2. The summed E-state index contributed by atoms with van der Waals surface area (Å²) < 4.78 is 59.9. The molecule has 14 nitrogen and oxygen atoms in total. The average molecular weight is 825 g/mol. The third-order valence-corrected chi connectivity index (χ3v) is 9.98. The maximum atomic E-state index is 14.2. The summed E-state index contributed by atoms with van der Waals surface area (Å²) in [5.74, 6) is -1.39. The maximum Gasteiger partial charge on any atom is 0.414 e. The Hall–Kier alpha value is -4.02. The maximum absolute atomic E-state index is 14.2. The van der Waals surface area contributed by atoms with Crippen LogP contribution >= 0.6 is 0 Å². The number of hydrogen-bond acceptors (Lipinski definition) is 13. The first kappa shape index (κ1) is 46.1. The van der Waals surface area contributed by atoms with E-state index in [1.165, 1.54) is 12.0 Å². The first-order chi connectivity index (χ1) is 27.9. The lowest BCUT2D eigenvalue weighted by Crippen LogP contribution is -2.42. The summed E-state index contributed by atoms with van der Waals surface area (Å²) in [6, 6.07) is 11.1. The standard InChI is InChI=1S/C45H64N2O12/c1-29-15-20-36(52-26-31-16-18-34(51-11)19-17-31)40-37(57-45(8,9)58-40)14-12-13-32-23-33(24-38(53-28-50-10)39(32)41(48)55-30(29)2)47(42(49)59-43(3,4)5)22-21-46-25-35-27-54-44(6,7)56-35/h12-13,15-20,23-24,29-30,35-37,40,46H,14,21-22,25-28H2,1-11H3/b13-12+,20-15-/t29-,30+,35?,36-,37+,40-/m1/s1. The van der Waals surface area contributed by atoms with Crippen LogP contribution in [0.25, 0.3) is 6.08 Å². The van der Waals surface area contributed by atoms with E-state index >= 15 is 0 Å². The van der Waals surface area contributed by atoms with Gasteiger partial charge in [0.25, 0.3) is 0 Å². The molecule has 0 spiro atoms. The SMILES string of the molecule is COCOc1cc(N(CCNCC2COC(C)(C)O2)C(=O)OC(C)(C)C)cc2c1C(=O)O[C@@H](C)[C@H](C)/C=C\[C@@H](OCc1ccc(OC)cc1)[C@H]1OC(C)(C)O[C@H]1C/C=C/2. The number of anilines is 1. The molecule has 326 valence electrons. The van der Waals surface area contributed by atoms with Gasteiger partial charge in [0, 0.05) is 38.7 Å². The highest BCUT2D eigenvalue weighted by Crippen LogP contribution is 2.37. The van der Waals surface area contributed by atoms with E-state index in [9.17, 15) is 9.59 Å². The van der Waals surface area contributed by atoms with Crippen molar-refractivity contribution < 1.29 is 57.0 Å². The van der Waals surface area contributed by atoms with Crippen LogP contribution in [0.4, 0.5) is 10.5 Å². The minimum Gasteiger partial charge on any atom is -0.497 e. The van der Waals surface area contributed by atoms with Crippen LogP contribution in [0.2, 0.25) is 0 Å². The molecule has 1 amide bonds. The number of benzene rings is 2. The van der Waals surface area contributed by atoms with Crippen molar-refractivity contribution in [3.05, 3.63) is 71.3 Å². The highest BCUT2D eigenvalue weighted by atomic mass is 16.8. The molecule has 1 N–H and O–H groups in total. The second-order valence-corrected chi connectivity index (χ2v) is 17.0. The summed E-state index contributed by atoms with van der Waals surface area (Å²) in [5.41, 5.74) is 1.29. The number of amides is 1. The van der Waals surface area contributed by atoms with Gasteiger partial charge in [-0.1, -0.05) is 43.4 Å². The summed E-state index contributed by atoms with van der Waals surface area (Å²) in [4.78, 5) is 29.6. The molecule has 0 aliphatic carbocycles. The summed E-state index contributed by atoms with van der Waals surface area (Å²) in [6.07, 6.45) is 5.49. The van der Waals surface area contributed by atoms with E-state index in [4.69, 9.17) is 47.4 Å². The monoisotopic (exact) mass is 824 g/mol. The van der Waals surface area contributed by atoms with Crippen LogP contribution in [-0.4, -0.2) is 107 Å². The number of nitrogens with one attached hydrogen (secondary N) is 1. The smallest absolute Gasteiger partial charge is 0.414 e. The number of hydrogen-bond donors (Lipinski definition) is 1. The Labute approximate surface area is 349 Å². The van der Waals surface area contributed by atoms with Crippen LogP contribution in [0.3, 0.4) is 0 Å². The average Bonchev–Trinajstić information content (AvgIpc) is 3.68. The first-order valence-electron chi connectivity index (χ1n) is 20.4.